The fourth-order valence-corrected chi connectivity index (χ4v) is 2.20. The Morgan fingerprint density at radius 2 is 2.33 bits per heavy atom. The Kier molecular flexibility index (Phi) is 4.11. The van der Waals surface area contributed by atoms with Gasteiger partial charge >= 0.3 is 5.97 Å². The van der Waals surface area contributed by atoms with Crippen molar-refractivity contribution in [3.63, 3.8) is 0 Å². The minimum Gasteiger partial charge on any atom is -0.481 e. The zero-order valence-corrected chi connectivity index (χ0v) is 9.40. The van der Waals surface area contributed by atoms with E-state index < -0.39 is 17.5 Å². The first-order valence-electron chi connectivity index (χ1n) is 5.59. The van der Waals surface area contributed by atoms with Gasteiger partial charge in [-0.2, -0.15) is 0 Å². The molecular weight excluding hydrogens is 196 g/mol. The molecule has 0 aromatic rings. The lowest BCUT2D eigenvalue weighted by atomic mass is 9.79. The van der Waals surface area contributed by atoms with Crippen molar-refractivity contribution in [3.05, 3.63) is 0 Å². The lowest BCUT2D eigenvalue weighted by molar-refractivity contribution is -0.157. The number of carbonyl (C=O) groups is 1. The predicted octanol–water partition coefficient (Wildman–Crippen LogP) is 1.42. The molecular formula is C11H20O4. The first-order valence-corrected chi connectivity index (χ1v) is 5.59. The molecule has 2 N–H and O–H groups in total. The number of carboxylic acid groups (broad SMARTS) is 1. The Bertz CT molecular complexity index is 229. The molecule has 0 radical (unpaired) electrons. The Balaban J connectivity index is 2.73. The van der Waals surface area contributed by atoms with Gasteiger partial charge in [0.1, 0.15) is 5.60 Å². The van der Waals surface area contributed by atoms with E-state index in [1.807, 2.05) is 6.92 Å². The van der Waals surface area contributed by atoms with Crippen LogP contribution in [-0.2, 0) is 9.53 Å². The third-order valence-corrected chi connectivity index (χ3v) is 3.32. The second kappa shape index (κ2) is 4.94. The topological polar surface area (TPSA) is 66.8 Å². The van der Waals surface area contributed by atoms with Crippen LogP contribution in [0.4, 0.5) is 0 Å². The molecule has 0 aromatic heterocycles. The fourth-order valence-electron chi connectivity index (χ4n) is 2.20. The van der Waals surface area contributed by atoms with Crippen LogP contribution in [0.15, 0.2) is 0 Å². The Hall–Kier alpha value is -0.610. The molecule has 1 fully saturated rings. The zero-order chi connectivity index (χ0) is 11.5. The molecule has 0 saturated carbocycles. The van der Waals surface area contributed by atoms with Gasteiger partial charge in [0.05, 0.1) is 12.0 Å². The average Bonchev–Trinajstić information content (AvgIpc) is 2.48. The number of rotatable bonds is 5. The molecule has 1 rings (SSSR count). The Morgan fingerprint density at radius 1 is 1.67 bits per heavy atom. The molecule has 3 unspecified atom stereocenters. The largest absolute Gasteiger partial charge is 0.481 e. The molecule has 4 nitrogen and oxygen atoms in total. The summed E-state index contributed by atoms with van der Waals surface area (Å²) in [6.07, 6.45) is 2.34. The van der Waals surface area contributed by atoms with Crippen LogP contribution >= 0.6 is 0 Å². The number of hydrogen-bond donors (Lipinski definition) is 2. The number of ether oxygens (including phenoxy) is 1. The van der Waals surface area contributed by atoms with Crippen LogP contribution in [0.3, 0.4) is 0 Å². The van der Waals surface area contributed by atoms with Crippen molar-refractivity contribution in [1.82, 2.24) is 0 Å². The molecule has 0 aliphatic carbocycles. The average molecular weight is 216 g/mol. The van der Waals surface area contributed by atoms with Crippen molar-refractivity contribution < 1.29 is 19.7 Å². The van der Waals surface area contributed by atoms with Crippen molar-refractivity contribution in [3.8, 4) is 0 Å². The summed E-state index contributed by atoms with van der Waals surface area (Å²) in [7, 11) is 0. The third kappa shape index (κ3) is 2.49. The minimum atomic E-state index is -1.18. The van der Waals surface area contributed by atoms with E-state index in [1.54, 1.807) is 6.92 Å². The molecule has 3 atom stereocenters. The van der Waals surface area contributed by atoms with Gasteiger partial charge in [-0.15, -0.1) is 0 Å². The van der Waals surface area contributed by atoms with E-state index in [0.717, 1.165) is 12.8 Å². The van der Waals surface area contributed by atoms with E-state index in [9.17, 15) is 9.90 Å². The van der Waals surface area contributed by atoms with Gasteiger partial charge in [-0.3, -0.25) is 4.79 Å². The SMILES string of the molecule is CCCCC(C(=O)O)C1(O)CCOC1C. The summed E-state index contributed by atoms with van der Waals surface area (Å²) in [5.41, 5.74) is -1.18. The van der Waals surface area contributed by atoms with Crippen LogP contribution in [0, 0.1) is 5.92 Å². The summed E-state index contributed by atoms with van der Waals surface area (Å²) in [4.78, 5) is 11.1. The molecule has 0 bridgehead atoms. The quantitative estimate of drug-likeness (QED) is 0.729. The summed E-state index contributed by atoms with van der Waals surface area (Å²) in [5, 5.41) is 19.4. The lowest BCUT2D eigenvalue weighted by Crippen LogP contribution is -2.47. The highest BCUT2D eigenvalue weighted by Crippen LogP contribution is 2.35. The maximum absolute atomic E-state index is 11.1. The van der Waals surface area contributed by atoms with Crippen LogP contribution < -0.4 is 0 Å². The highest BCUT2D eigenvalue weighted by atomic mass is 16.5. The number of aliphatic hydroxyl groups is 1. The van der Waals surface area contributed by atoms with Crippen LogP contribution in [0.25, 0.3) is 0 Å². The van der Waals surface area contributed by atoms with Gasteiger partial charge in [0.25, 0.3) is 0 Å². The highest BCUT2D eigenvalue weighted by Gasteiger charge is 2.49. The van der Waals surface area contributed by atoms with Crippen LogP contribution in [0.2, 0.25) is 0 Å². The van der Waals surface area contributed by atoms with Crippen molar-refractivity contribution >= 4 is 5.97 Å². The maximum Gasteiger partial charge on any atom is 0.309 e. The van der Waals surface area contributed by atoms with E-state index in [-0.39, 0.29) is 6.10 Å². The van der Waals surface area contributed by atoms with Gasteiger partial charge in [0.2, 0.25) is 0 Å². The summed E-state index contributed by atoms with van der Waals surface area (Å²) in [5.74, 6) is -1.61. The molecule has 4 heteroatoms. The van der Waals surface area contributed by atoms with Gasteiger partial charge in [0, 0.05) is 13.0 Å². The molecule has 1 aliphatic heterocycles. The summed E-state index contributed by atoms with van der Waals surface area (Å²) >= 11 is 0. The molecule has 0 amide bonds. The van der Waals surface area contributed by atoms with Gasteiger partial charge in [-0.1, -0.05) is 19.8 Å². The van der Waals surface area contributed by atoms with Crippen LogP contribution in [-0.4, -0.2) is 34.5 Å². The standard InChI is InChI=1S/C11H20O4/c1-3-4-5-9(10(12)13)11(14)6-7-15-8(11)2/h8-9,14H,3-7H2,1-2H3,(H,12,13). The maximum atomic E-state index is 11.1. The van der Waals surface area contributed by atoms with E-state index in [4.69, 9.17) is 9.84 Å². The van der Waals surface area contributed by atoms with Crippen molar-refractivity contribution in [2.24, 2.45) is 5.92 Å². The highest BCUT2D eigenvalue weighted by molar-refractivity contribution is 5.71. The first kappa shape index (κ1) is 12.5. The summed E-state index contributed by atoms with van der Waals surface area (Å²) in [6, 6.07) is 0. The Morgan fingerprint density at radius 3 is 2.73 bits per heavy atom. The minimum absolute atomic E-state index is 0.379. The van der Waals surface area contributed by atoms with E-state index in [2.05, 4.69) is 0 Å². The number of aliphatic carboxylic acids is 1. The summed E-state index contributed by atoms with van der Waals surface area (Å²) < 4.78 is 5.27. The van der Waals surface area contributed by atoms with E-state index in [0.29, 0.717) is 19.4 Å². The van der Waals surface area contributed by atoms with E-state index in [1.165, 1.54) is 0 Å². The summed E-state index contributed by atoms with van der Waals surface area (Å²) in [6.45, 7) is 4.21. The van der Waals surface area contributed by atoms with Crippen LogP contribution in [0.1, 0.15) is 39.5 Å². The molecule has 15 heavy (non-hydrogen) atoms. The Labute approximate surface area is 90.2 Å². The van der Waals surface area contributed by atoms with E-state index >= 15 is 0 Å². The molecule has 1 heterocycles. The van der Waals surface area contributed by atoms with Crippen LogP contribution in [0.5, 0.6) is 0 Å². The second-order valence-corrected chi connectivity index (χ2v) is 4.29. The monoisotopic (exact) mass is 216 g/mol. The number of hydrogen-bond acceptors (Lipinski definition) is 3. The smallest absolute Gasteiger partial charge is 0.309 e. The van der Waals surface area contributed by atoms with Gasteiger partial charge < -0.3 is 14.9 Å². The zero-order valence-electron chi connectivity index (χ0n) is 9.40. The number of carboxylic acids is 1. The predicted molar refractivity (Wildman–Crippen MR) is 55.6 cm³/mol. The molecule has 0 spiro atoms. The van der Waals surface area contributed by atoms with Crippen molar-refractivity contribution in [2.45, 2.75) is 51.2 Å². The van der Waals surface area contributed by atoms with Crippen molar-refractivity contribution in [1.29, 1.82) is 0 Å². The molecule has 1 aliphatic rings. The fraction of sp³-hybridized carbons (Fsp3) is 0.909. The van der Waals surface area contributed by atoms with Crippen molar-refractivity contribution in [2.75, 3.05) is 6.61 Å². The lowest BCUT2D eigenvalue weighted by Gasteiger charge is -2.32. The molecule has 88 valence electrons. The van der Waals surface area contributed by atoms with Gasteiger partial charge in [-0.25, -0.2) is 0 Å². The normalized spacial score (nSPS) is 32.9. The van der Waals surface area contributed by atoms with Gasteiger partial charge in [0.15, 0.2) is 0 Å². The second-order valence-electron chi connectivity index (χ2n) is 4.29. The van der Waals surface area contributed by atoms with Gasteiger partial charge in [-0.05, 0) is 13.3 Å². The number of unbranched alkanes of at least 4 members (excludes halogenated alkanes) is 1. The molecule has 0 aromatic carbocycles. The molecule has 1 saturated heterocycles. The first-order chi connectivity index (χ1) is 7.02. The third-order valence-electron chi connectivity index (χ3n) is 3.32.